The monoisotopic (exact) mass is 189 g/mol. The van der Waals surface area contributed by atoms with Gasteiger partial charge in [0, 0.05) is 5.57 Å². The molecule has 0 saturated heterocycles. The fourth-order valence-corrected chi connectivity index (χ4v) is 2.26. The van der Waals surface area contributed by atoms with Crippen molar-refractivity contribution in [2.24, 2.45) is 0 Å². The van der Waals surface area contributed by atoms with Gasteiger partial charge in [-0.25, -0.2) is 4.98 Å². The van der Waals surface area contributed by atoms with Crippen molar-refractivity contribution < 1.29 is 4.74 Å². The minimum absolute atomic E-state index is 0.932. The number of nitrogens with zero attached hydrogens (tertiary/aromatic N) is 1. The number of hydrogen-bond donors (Lipinski definition) is 0. The van der Waals surface area contributed by atoms with Gasteiger partial charge in [0.05, 0.1) is 16.3 Å². The summed E-state index contributed by atoms with van der Waals surface area (Å²) in [6, 6.07) is 0. The van der Waals surface area contributed by atoms with Crippen molar-refractivity contribution in [3.05, 3.63) is 39.4 Å². The number of allylic oxidation sites excluding steroid dienone is 2. The molecular formula is C10H7NOS. The Balaban J connectivity index is 2.42. The summed E-state index contributed by atoms with van der Waals surface area (Å²) in [6.07, 6.45) is 8.86. The maximum absolute atomic E-state index is 5.46. The minimum atomic E-state index is 0.932. The topological polar surface area (TPSA) is 22.1 Å². The molecule has 3 heteroatoms. The first-order chi connectivity index (χ1) is 6.45. The molecule has 3 rings (SSSR count). The van der Waals surface area contributed by atoms with E-state index >= 15 is 0 Å². The molecule has 0 N–H and O–H groups in total. The largest absolute Gasteiger partial charge is 0.462 e. The Morgan fingerprint density at radius 3 is 3.46 bits per heavy atom. The highest BCUT2D eigenvalue weighted by Gasteiger charge is 2.14. The van der Waals surface area contributed by atoms with Crippen molar-refractivity contribution >= 4 is 23.2 Å². The highest BCUT2D eigenvalue weighted by Crippen LogP contribution is 2.21. The van der Waals surface area contributed by atoms with E-state index in [1.807, 2.05) is 11.6 Å². The van der Waals surface area contributed by atoms with Crippen LogP contribution < -0.4 is 9.88 Å². The molecule has 0 radical (unpaired) electrons. The van der Waals surface area contributed by atoms with Crippen LogP contribution in [0.4, 0.5) is 0 Å². The van der Waals surface area contributed by atoms with Crippen LogP contribution >= 0.6 is 11.3 Å². The highest BCUT2D eigenvalue weighted by atomic mass is 32.1. The zero-order valence-electron chi connectivity index (χ0n) is 6.86. The molecule has 0 fully saturated rings. The molecule has 1 aliphatic carbocycles. The van der Waals surface area contributed by atoms with Crippen LogP contribution in [0.25, 0.3) is 11.8 Å². The second kappa shape index (κ2) is 2.57. The Labute approximate surface area is 79.2 Å². The predicted molar refractivity (Wildman–Crippen MR) is 52.2 cm³/mol. The molecule has 2 nitrogen and oxygen atoms in total. The fourth-order valence-electron chi connectivity index (χ4n) is 1.56. The van der Waals surface area contributed by atoms with Crippen LogP contribution in [0.2, 0.25) is 0 Å². The number of hydrogen-bond acceptors (Lipinski definition) is 3. The summed E-state index contributed by atoms with van der Waals surface area (Å²) in [7, 11) is 0. The van der Waals surface area contributed by atoms with E-state index in [9.17, 15) is 0 Å². The average molecular weight is 189 g/mol. The van der Waals surface area contributed by atoms with Gasteiger partial charge in [-0.2, -0.15) is 0 Å². The fraction of sp³-hybridized carbons (Fsp3) is 0.100. The van der Waals surface area contributed by atoms with E-state index < -0.39 is 0 Å². The van der Waals surface area contributed by atoms with E-state index in [-0.39, 0.29) is 0 Å². The highest BCUT2D eigenvalue weighted by molar-refractivity contribution is 7.07. The minimum Gasteiger partial charge on any atom is -0.462 e. The van der Waals surface area contributed by atoms with Gasteiger partial charge < -0.3 is 4.74 Å². The van der Waals surface area contributed by atoms with E-state index in [1.54, 1.807) is 17.6 Å². The van der Waals surface area contributed by atoms with Crippen molar-refractivity contribution in [1.82, 2.24) is 4.98 Å². The van der Waals surface area contributed by atoms with Gasteiger partial charge in [0.1, 0.15) is 5.35 Å². The summed E-state index contributed by atoms with van der Waals surface area (Å²) in [4.78, 5) is 4.29. The third-order valence-corrected chi connectivity index (χ3v) is 3.00. The Hall–Kier alpha value is -1.35. The number of ether oxygens (including phenoxy) is 1. The SMILES string of the molecule is C1=COC2=c3ncsc3=CCC2=C1. The van der Waals surface area contributed by atoms with Gasteiger partial charge in [-0.1, -0.05) is 12.2 Å². The zero-order valence-corrected chi connectivity index (χ0v) is 7.67. The first-order valence-corrected chi connectivity index (χ1v) is 5.00. The van der Waals surface area contributed by atoms with E-state index in [0.29, 0.717) is 0 Å². The first-order valence-electron chi connectivity index (χ1n) is 4.12. The van der Waals surface area contributed by atoms with Crippen LogP contribution in [0.5, 0.6) is 0 Å². The van der Waals surface area contributed by atoms with E-state index in [1.165, 1.54) is 10.1 Å². The Kier molecular flexibility index (Phi) is 1.40. The molecule has 2 aliphatic rings. The van der Waals surface area contributed by atoms with Crippen LogP contribution in [0.1, 0.15) is 6.42 Å². The second-order valence-corrected chi connectivity index (χ2v) is 3.83. The summed E-state index contributed by atoms with van der Waals surface area (Å²) in [5, 5.41) is 0.992. The maximum Gasteiger partial charge on any atom is 0.157 e. The van der Waals surface area contributed by atoms with Crippen LogP contribution in [-0.2, 0) is 4.74 Å². The third-order valence-electron chi connectivity index (χ3n) is 2.17. The van der Waals surface area contributed by atoms with Gasteiger partial charge in [-0.3, -0.25) is 0 Å². The van der Waals surface area contributed by atoms with Crippen LogP contribution in [0.15, 0.2) is 29.5 Å². The Morgan fingerprint density at radius 2 is 2.46 bits per heavy atom. The van der Waals surface area contributed by atoms with Gasteiger partial charge in [0.25, 0.3) is 0 Å². The number of fused-ring (bicyclic) bond motifs is 2. The van der Waals surface area contributed by atoms with E-state index in [2.05, 4.69) is 17.1 Å². The second-order valence-electron chi connectivity index (χ2n) is 2.94. The van der Waals surface area contributed by atoms with Gasteiger partial charge in [0.15, 0.2) is 5.76 Å². The van der Waals surface area contributed by atoms with Crippen molar-refractivity contribution in [2.45, 2.75) is 6.42 Å². The summed E-state index contributed by atoms with van der Waals surface area (Å²) < 4.78 is 6.68. The van der Waals surface area contributed by atoms with Gasteiger partial charge in [-0.15, -0.1) is 11.3 Å². The quantitative estimate of drug-likeness (QED) is 0.605. The number of thiazole rings is 1. The summed E-state index contributed by atoms with van der Waals surface area (Å²) in [6.45, 7) is 0. The Bertz CT molecular complexity index is 521. The van der Waals surface area contributed by atoms with Gasteiger partial charge >= 0.3 is 0 Å². The molecule has 1 aliphatic heterocycles. The van der Waals surface area contributed by atoms with E-state index in [4.69, 9.17) is 4.74 Å². The molecule has 0 amide bonds. The lowest BCUT2D eigenvalue weighted by Crippen LogP contribution is -2.28. The molecule has 0 bridgehead atoms. The van der Waals surface area contributed by atoms with Crippen molar-refractivity contribution in [2.75, 3.05) is 0 Å². The van der Waals surface area contributed by atoms with E-state index in [0.717, 1.165) is 17.5 Å². The molecular weight excluding hydrogens is 182 g/mol. The first kappa shape index (κ1) is 7.09. The number of aromatic nitrogens is 1. The molecule has 0 atom stereocenters. The van der Waals surface area contributed by atoms with Crippen molar-refractivity contribution in [3.8, 4) is 0 Å². The summed E-state index contributed by atoms with van der Waals surface area (Å²) >= 11 is 1.66. The predicted octanol–water partition coefficient (Wildman–Crippen LogP) is 0.906. The standard InChI is InChI=1S/C10H7NOS/c1-2-7-3-4-8-9(11-6-13-8)10(7)12-5-1/h1-2,4-6H,3H2. The molecule has 13 heavy (non-hydrogen) atoms. The molecule has 0 spiro atoms. The van der Waals surface area contributed by atoms with Gasteiger partial charge in [-0.05, 0) is 12.5 Å². The summed E-state index contributed by atoms with van der Waals surface area (Å²) in [5.74, 6) is 0.932. The lowest BCUT2D eigenvalue weighted by molar-refractivity contribution is 0.424. The molecule has 1 aromatic heterocycles. The molecule has 64 valence electrons. The third kappa shape index (κ3) is 0.971. The smallest absolute Gasteiger partial charge is 0.157 e. The zero-order chi connectivity index (χ0) is 8.67. The van der Waals surface area contributed by atoms with Crippen molar-refractivity contribution in [3.63, 3.8) is 0 Å². The maximum atomic E-state index is 5.46. The lowest BCUT2D eigenvalue weighted by Gasteiger charge is -2.13. The average Bonchev–Trinajstić information content (AvgIpc) is 2.65. The van der Waals surface area contributed by atoms with Crippen LogP contribution in [0.3, 0.4) is 0 Å². The van der Waals surface area contributed by atoms with Crippen molar-refractivity contribution in [1.29, 1.82) is 0 Å². The Morgan fingerprint density at radius 1 is 1.46 bits per heavy atom. The lowest BCUT2D eigenvalue weighted by atomic mass is 10.1. The molecule has 0 aromatic carbocycles. The summed E-state index contributed by atoms with van der Waals surface area (Å²) in [5.41, 5.74) is 3.08. The molecule has 0 saturated carbocycles. The van der Waals surface area contributed by atoms with Gasteiger partial charge in [0.2, 0.25) is 0 Å². The molecule has 0 unspecified atom stereocenters. The van der Waals surface area contributed by atoms with Crippen LogP contribution in [-0.4, -0.2) is 4.98 Å². The number of rotatable bonds is 0. The molecule has 1 aromatic rings. The normalized spacial score (nSPS) is 18.2. The van der Waals surface area contributed by atoms with Crippen LogP contribution in [0, 0.1) is 0 Å². The molecule has 2 heterocycles.